The van der Waals surface area contributed by atoms with Crippen LogP contribution in [0.25, 0.3) is 0 Å². The molecular formula is C13H17BrO. The number of rotatable bonds is 1. The Hall–Kier alpha value is -0.340. The van der Waals surface area contributed by atoms with E-state index in [-0.39, 0.29) is 0 Å². The topological polar surface area (TPSA) is 20.2 Å². The molecule has 1 aromatic carbocycles. The quantitative estimate of drug-likeness (QED) is 0.822. The molecule has 0 unspecified atom stereocenters. The molecular weight excluding hydrogens is 252 g/mol. The average molecular weight is 269 g/mol. The van der Waals surface area contributed by atoms with E-state index in [2.05, 4.69) is 41.9 Å². The Morgan fingerprint density at radius 3 is 2.73 bits per heavy atom. The minimum Gasteiger partial charge on any atom is -0.385 e. The van der Waals surface area contributed by atoms with E-state index >= 15 is 0 Å². The summed E-state index contributed by atoms with van der Waals surface area (Å²) in [5.41, 5.74) is 1.70. The number of halogens is 1. The van der Waals surface area contributed by atoms with Gasteiger partial charge in [0.2, 0.25) is 0 Å². The zero-order valence-electron chi connectivity index (χ0n) is 9.26. The summed E-state index contributed by atoms with van der Waals surface area (Å²) in [6.45, 7) is 4.22. The summed E-state index contributed by atoms with van der Waals surface area (Å²) in [4.78, 5) is 0. The molecule has 0 aliphatic heterocycles. The summed E-state index contributed by atoms with van der Waals surface area (Å²) in [6, 6.07) is 6.16. The maximum atomic E-state index is 10.7. The Morgan fingerprint density at radius 2 is 2.20 bits per heavy atom. The van der Waals surface area contributed by atoms with E-state index in [0.29, 0.717) is 5.92 Å². The number of benzene rings is 1. The second-order valence-electron chi connectivity index (χ2n) is 4.68. The predicted molar refractivity (Wildman–Crippen MR) is 65.8 cm³/mol. The Morgan fingerprint density at radius 1 is 1.47 bits per heavy atom. The van der Waals surface area contributed by atoms with Crippen LogP contribution in [0.5, 0.6) is 0 Å². The molecule has 1 N–H and O–H groups in total. The normalized spacial score (nSPS) is 30.8. The number of aryl methyl sites for hydroxylation is 1. The van der Waals surface area contributed by atoms with Gasteiger partial charge < -0.3 is 5.11 Å². The van der Waals surface area contributed by atoms with Gasteiger partial charge in [0.05, 0.1) is 5.60 Å². The Bertz CT molecular complexity index is 375. The number of hydrogen-bond acceptors (Lipinski definition) is 1. The summed E-state index contributed by atoms with van der Waals surface area (Å²) in [5, 5.41) is 10.7. The minimum absolute atomic E-state index is 0.373. The molecule has 0 spiro atoms. The smallest absolute Gasteiger partial charge is 0.0924 e. The van der Waals surface area contributed by atoms with Crippen LogP contribution < -0.4 is 0 Å². The van der Waals surface area contributed by atoms with Gasteiger partial charge in [0.25, 0.3) is 0 Å². The Balaban J connectivity index is 2.44. The van der Waals surface area contributed by atoms with Crippen LogP contribution >= 0.6 is 15.9 Å². The van der Waals surface area contributed by atoms with Gasteiger partial charge in [0.1, 0.15) is 0 Å². The van der Waals surface area contributed by atoms with Crippen LogP contribution in [0, 0.1) is 12.8 Å². The molecule has 1 aliphatic carbocycles. The Kier molecular flexibility index (Phi) is 2.91. The van der Waals surface area contributed by atoms with E-state index in [0.717, 1.165) is 29.3 Å². The van der Waals surface area contributed by atoms with Crippen molar-refractivity contribution in [1.82, 2.24) is 0 Å². The van der Waals surface area contributed by atoms with E-state index < -0.39 is 5.60 Å². The van der Waals surface area contributed by atoms with Gasteiger partial charge in [0, 0.05) is 4.47 Å². The third-order valence-corrected chi connectivity index (χ3v) is 4.16. The van der Waals surface area contributed by atoms with Gasteiger partial charge in [0.15, 0.2) is 0 Å². The fourth-order valence-corrected chi connectivity index (χ4v) is 3.15. The number of aliphatic hydroxyl groups is 1. The lowest BCUT2D eigenvalue weighted by atomic mass is 9.83. The SMILES string of the molecule is Cc1cc(Br)ccc1[C@]1(O)CCC[C@H]1C. The summed E-state index contributed by atoms with van der Waals surface area (Å²) in [6.07, 6.45) is 3.16. The fourth-order valence-electron chi connectivity index (χ4n) is 2.68. The second-order valence-corrected chi connectivity index (χ2v) is 5.59. The highest BCUT2D eigenvalue weighted by molar-refractivity contribution is 9.10. The highest BCUT2D eigenvalue weighted by atomic mass is 79.9. The molecule has 0 heterocycles. The van der Waals surface area contributed by atoms with Crippen LogP contribution in [0.15, 0.2) is 22.7 Å². The zero-order valence-corrected chi connectivity index (χ0v) is 10.8. The molecule has 0 bridgehead atoms. The molecule has 0 aromatic heterocycles. The molecule has 1 aliphatic rings. The molecule has 1 aromatic rings. The highest BCUT2D eigenvalue weighted by Crippen LogP contribution is 2.44. The molecule has 2 atom stereocenters. The summed E-state index contributed by atoms with van der Waals surface area (Å²) < 4.78 is 1.08. The van der Waals surface area contributed by atoms with Crippen molar-refractivity contribution in [3.63, 3.8) is 0 Å². The third kappa shape index (κ3) is 1.85. The Labute approximate surface area is 99.6 Å². The van der Waals surface area contributed by atoms with E-state index in [1.54, 1.807) is 0 Å². The van der Waals surface area contributed by atoms with Crippen LogP contribution in [-0.4, -0.2) is 5.11 Å². The first-order chi connectivity index (χ1) is 7.04. The van der Waals surface area contributed by atoms with Crippen molar-refractivity contribution in [1.29, 1.82) is 0 Å². The third-order valence-electron chi connectivity index (χ3n) is 3.67. The van der Waals surface area contributed by atoms with Crippen LogP contribution in [0.3, 0.4) is 0 Å². The van der Waals surface area contributed by atoms with E-state index in [1.807, 2.05) is 6.07 Å². The zero-order chi connectivity index (χ0) is 11.1. The first kappa shape index (κ1) is 11.2. The van der Waals surface area contributed by atoms with Crippen molar-refractivity contribution < 1.29 is 5.11 Å². The second kappa shape index (κ2) is 3.91. The molecule has 2 rings (SSSR count). The van der Waals surface area contributed by atoms with Crippen LogP contribution in [-0.2, 0) is 5.60 Å². The van der Waals surface area contributed by atoms with Gasteiger partial charge in [-0.2, -0.15) is 0 Å². The van der Waals surface area contributed by atoms with Crippen molar-refractivity contribution in [2.75, 3.05) is 0 Å². The standard InChI is InChI=1S/C13H17BrO/c1-9-8-11(14)5-6-12(9)13(15)7-3-4-10(13)2/h5-6,8,10,15H,3-4,7H2,1-2H3/t10-,13+/m1/s1. The number of hydrogen-bond donors (Lipinski definition) is 1. The molecule has 2 heteroatoms. The summed E-state index contributed by atoms with van der Waals surface area (Å²) in [7, 11) is 0. The lowest BCUT2D eigenvalue weighted by molar-refractivity contribution is 0.00390. The largest absolute Gasteiger partial charge is 0.385 e. The fraction of sp³-hybridized carbons (Fsp3) is 0.538. The lowest BCUT2D eigenvalue weighted by Crippen LogP contribution is -2.29. The van der Waals surface area contributed by atoms with Gasteiger partial charge in [-0.1, -0.05) is 28.9 Å². The van der Waals surface area contributed by atoms with Crippen molar-refractivity contribution in [2.24, 2.45) is 5.92 Å². The molecule has 0 radical (unpaired) electrons. The molecule has 15 heavy (non-hydrogen) atoms. The maximum absolute atomic E-state index is 10.7. The van der Waals surface area contributed by atoms with Crippen molar-refractivity contribution in [3.05, 3.63) is 33.8 Å². The summed E-state index contributed by atoms with van der Waals surface area (Å²) in [5.74, 6) is 0.373. The average Bonchev–Trinajstić information content (AvgIpc) is 2.47. The highest BCUT2D eigenvalue weighted by Gasteiger charge is 2.40. The van der Waals surface area contributed by atoms with Crippen LogP contribution in [0.4, 0.5) is 0 Å². The van der Waals surface area contributed by atoms with Crippen LogP contribution in [0.2, 0.25) is 0 Å². The van der Waals surface area contributed by atoms with Crippen molar-refractivity contribution >= 4 is 15.9 Å². The lowest BCUT2D eigenvalue weighted by Gasteiger charge is -2.30. The molecule has 0 saturated heterocycles. The van der Waals surface area contributed by atoms with E-state index in [9.17, 15) is 5.11 Å². The van der Waals surface area contributed by atoms with Crippen molar-refractivity contribution in [3.8, 4) is 0 Å². The van der Waals surface area contributed by atoms with Crippen molar-refractivity contribution in [2.45, 2.75) is 38.7 Å². The van der Waals surface area contributed by atoms with Crippen LogP contribution in [0.1, 0.15) is 37.3 Å². The minimum atomic E-state index is -0.592. The predicted octanol–water partition coefficient (Wildman–Crippen LogP) is 3.77. The molecule has 0 amide bonds. The monoisotopic (exact) mass is 268 g/mol. The molecule has 1 saturated carbocycles. The van der Waals surface area contributed by atoms with Gasteiger partial charge in [-0.25, -0.2) is 0 Å². The first-order valence-corrected chi connectivity index (χ1v) is 6.32. The molecule has 1 nitrogen and oxygen atoms in total. The van der Waals surface area contributed by atoms with Gasteiger partial charge in [-0.05, 0) is 55.4 Å². The molecule has 82 valence electrons. The summed E-state index contributed by atoms with van der Waals surface area (Å²) >= 11 is 3.46. The van der Waals surface area contributed by atoms with Gasteiger partial charge in [-0.15, -0.1) is 0 Å². The first-order valence-electron chi connectivity index (χ1n) is 5.53. The van der Waals surface area contributed by atoms with Gasteiger partial charge >= 0.3 is 0 Å². The maximum Gasteiger partial charge on any atom is 0.0924 e. The molecule has 1 fully saturated rings. The van der Waals surface area contributed by atoms with Gasteiger partial charge in [-0.3, -0.25) is 0 Å². The van der Waals surface area contributed by atoms with E-state index in [1.165, 1.54) is 5.56 Å². The van der Waals surface area contributed by atoms with E-state index in [4.69, 9.17) is 0 Å².